The van der Waals surface area contributed by atoms with Gasteiger partial charge in [-0.2, -0.15) is 0 Å². The summed E-state index contributed by atoms with van der Waals surface area (Å²) in [7, 11) is 0. The van der Waals surface area contributed by atoms with Crippen molar-refractivity contribution in [1.82, 2.24) is 15.0 Å². The van der Waals surface area contributed by atoms with Crippen LogP contribution in [0.2, 0.25) is 0 Å². The topological polar surface area (TPSA) is 47.8 Å². The summed E-state index contributed by atoms with van der Waals surface area (Å²) in [6.45, 7) is 2.62. The second-order valence-corrected chi connectivity index (χ2v) is 4.95. The van der Waals surface area contributed by atoms with Crippen LogP contribution in [-0.2, 0) is 6.54 Å². The van der Waals surface area contributed by atoms with Gasteiger partial charge in [-0.05, 0) is 12.5 Å². The first-order chi connectivity index (χ1) is 10.3. The molecule has 0 fully saturated rings. The molecule has 3 rings (SSSR count). The Kier molecular flexibility index (Phi) is 3.60. The Hall–Kier alpha value is -2.75. The summed E-state index contributed by atoms with van der Waals surface area (Å²) in [4.78, 5) is 11.2. The zero-order chi connectivity index (χ0) is 14.7. The molecule has 0 bridgehead atoms. The summed E-state index contributed by atoms with van der Waals surface area (Å²) in [5.74, 6) is 0. The van der Waals surface area contributed by atoms with Gasteiger partial charge in [0.05, 0.1) is 12.2 Å². The highest BCUT2D eigenvalue weighted by molar-refractivity contribution is 5.83. The Bertz CT molecular complexity index is 745. The molecule has 4 nitrogen and oxygen atoms in total. The molecule has 3 aromatic rings. The molecular formula is C17H15N3O. The van der Waals surface area contributed by atoms with Gasteiger partial charge in [0.1, 0.15) is 0 Å². The van der Waals surface area contributed by atoms with Gasteiger partial charge in [-0.1, -0.05) is 65.4 Å². The molecule has 21 heavy (non-hydrogen) atoms. The van der Waals surface area contributed by atoms with Crippen molar-refractivity contribution in [2.45, 2.75) is 13.5 Å². The zero-order valence-corrected chi connectivity index (χ0v) is 11.7. The van der Waals surface area contributed by atoms with Crippen LogP contribution in [0.1, 0.15) is 21.6 Å². The zero-order valence-electron chi connectivity index (χ0n) is 11.7. The van der Waals surface area contributed by atoms with Crippen molar-refractivity contribution in [1.29, 1.82) is 0 Å². The molecule has 0 aliphatic heterocycles. The van der Waals surface area contributed by atoms with Crippen molar-refractivity contribution in [3.05, 3.63) is 71.4 Å². The maximum absolute atomic E-state index is 11.2. The second kappa shape index (κ2) is 5.71. The predicted molar refractivity (Wildman–Crippen MR) is 81.1 cm³/mol. The molecule has 0 amide bonds. The van der Waals surface area contributed by atoms with Crippen molar-refractivity contribution in [2.75, 3.05) is 0 Å². The van der Waals surface area contributed by atoms with E-state index in [0.29, 0.717) is 12.2 Å². The molecule has 4 heteroatoms. The van der Waals surface area contributed by atoms with E-state index in [1.807, 2.05) is 61.5 Å². The van der Waals surface area contributed by atoms with Crippen LogP contribution in [0, 0.1) is 6.92 Å². The Morgan fingerprint density at radius 2 is 1.76 bits per heavy atom. The molecule has 0 radical (unpaired) electrons. The van der Waals surface area contributed by atoms with Gasteiger partial charge in [0.2, 0.25) is 0 Å². The normalized spacial score (nSPS) is 10.5. The molecule has 0 aliphatic carbocycles. The van der Waals surface area contributed by atoms with Crippen LogP contribution in [0.5, 0.6) is 0 Å². The highest BCUT2D eigenvalue weighted by Crippen LogP contribution is 2.22. The minimum absolute atomic E-state index is 0.370. The van der Waals surface area contributed by atoms with Crippen molar-refractivity contribution < 1.29 is 4.79 Å². The maximum Gasteiger partial charge on any atom is 0.172 e. The molecule has 0 saturated carbocycles. The number of carbonyl (C=O) groups excluding carboxylic acids is 1. The van der Waals surface area contributed by atoms with Crippen LogP contribution in [0.15, 0.2) is 54.6 Å². The van der Waals surface area contributed by atoms with E-state index in [4.69, 9.17) is 0 Å². The van der Waals surface area contributed by atoms with Gasteiger partial charge >= 0.3 is 0 Å². The van der Waals surface area contributed by atoms with Gasteiger partial charge < -0.3 is 0 Å². The molecule has 1 heterocycles. The van der Waals surface area contributed by atoms with Gasteiger partial charge in [-0.15, -0.1) is 5.10 Å². The average molecular weight is 277 g/mol. The quantitative estimate of drug-likeness (QED) is 0.688. The molecule has 1 aromatic heterocycles. The molecule has 0 N–H and O–H groups in total. The summed E-state index contributed by atoms with van der Waals surface area (Å²) >= 11 is 0. The molecule has 104 valence electrons. The lowest BCUT2D eigenvalue weighted by Gasteiger charge is -2.07. The highest BCUT2D eigenvalue weighted by atomic mass is 16.1. The van der Waals surface area contributed by atoms with Crippen molar-refractivity contribution >= 4 is 6.29 Å². The third-order valence-corrected chi connectivity index (χ3v) is 3.37. The molecular weight excluding hydrogens is 262 g/mol. The van der Waals surface area contributed by atoms with Crippen LogP contribution < -0.4 is 0 Å². The third kappa shape index (κ3) is 2.74. The number of rotatable bonds is 4. The molecule has 0 atom stereocenters. The first-order valence-corrected chi connectivity index (χ1v) is 6.77. The van der Waals surface area contributed by atoms with E-state index in [2.05, 4.69) is 10.3 Å². The van der Waals surface area contributed by atoms with Gasteiger partial charge in [-0.25, -0.2) is 4.68 Å². The number of benzene rings is 2. The summed E-state index contributed by atoms with van der Waals surface area (Å²) in [5.41, 5.74) is 4.37. The largest absolute Gasteiger partial charge is 0.296 e. The number of hydrogen-bond acceptors (Lipinski definition) is 3. The lowest BCUT2D eigenvalue weighted by Crippen LogP contribution is -2.04. The second-order valence-electron chi connectivity index (χ2n) is 4.95. The van der Waals surface area contributed by atoms with E-state index < -0.39 is 0 Å². The van der Waals surface area contributed by atoms with Gasteiger partial charge in [-0.3, -0.25) is 4.79 Å². The minimum Gasteiger partial charge on any atom is -0.296 e. The van der Waals surface area contributed by atoms with Crippen LogP contribution in [0.3, 0.4) is 0 Å². The number of carbonyl (C=O) groups is 1. The fourth-order valence-electron chi connectivity index (χ4n) is 2.28. The van der Waals surface area contributed by atoms with E-state index in [1.165, 1.54) is 5.56 Å². The number of aldehydes is 1. The molecule has 0 aliphatic rings. The van der Waals surface area contributed by atoms with E-state index in [9.17, 15) is 4.79 Å². The van der Waals surface area contributed by atoms with Crippen molar-refractivity contribution in [3.8, 4) is 11.3 Å². The lowest BCUT2D eigenvalue weighted by atomic mass is 10.1. The molecule has 0 spiro atoms. The fourth-order valence-corrected chi connectivity index (χ4v) is 2.28. The standard InChI is InChI=1S/C17H15N3O/c1-13-7-9-15(10-8-13)17-16(12-21)18-19-20(17)11-14-5-3-2-4-6-14/h2-10,12H,11H2,1H3. The van der Waals surface area contributed by atoms with Gasteiger partial charge in [0, 0.05) is 5.56 Å². The molecule has 0 saturated heterocycles. The predicted octanol–water partition coefficient (Wildman–Crippen LogP) is 3.11. The minimum atomic E-state index is 0.370. The summed E-state index contributed by atoms with van der Waals surface area (Å²) < 4.78 is 1.77. The van der Waals surface area contributed by atoms with Crippen LogP contribution in [-0.4, -0.2) is 21.3 Å². The average Bonchev–Trinajstić information content (AvgIpc) is 2.92. The summed E-state index contributed by atoms with van der Waals surface area (Å²) in [5, 5.41) is 8.09. The Balaban J connectivity index is 2.04. The Morgan fingerprint density at radius 1 is 1.05 bits per heavy atom. The van der Waals surface area contributed by atoms with Crippen LogP contribution in [0.4, 0.5) is 0 Å². The number of hydrogen-bond donors (Lipinski definition) is 0. The number of aromatic nitrogens is 3. The monoisotopic (exact) mass is 277 g/mol. The Morgan fingerprint density at radius 3 is 2.43 bits per heavy atom. The fraction of sp³-hybridized carbons (Fsp3) is 0.118. The van der Waals surface area contributed by atoms with Gasteiger partial charge in [0.15, 0.2) is 12.0 Å². The number of nitrogens with zero attached hydrogens (tertiary/aromatic N) is 3. The molecule has 2 aromatic carbocycles. The van der Waals surface area contributed by atoms with E-state index in [-0.39, 0.29) is 0 Å². The molecule has 0 unspecified atom stereocenters. The summed E-state index contributed by atoms with van der Waals surface area (Å²) in [6, 6.07) is 18.0. The number of aryl methyl sites for hydroxylation is 1. The first-order valence-electron chi connectivity index (χ1n) is 6.77. The van der Waals surface area contributed by atoms with Gasteiger partial charge in [0.25, 0.3) is 0 Å². The van der Waals surface area contributed by atoms with E-state index >= 15 is 0 Å². The van der Waals surface area contributed by atoms with Crippen LogP contribution >= 0.6 is 0 Å². The highest BCUT2D eigenvalue weighted by Gasteiger charge is 2.14. The van der Waals surface area contributed by atoms with Crippen molar-refractivity contribution in [2.24, 2.45) is 0 Å². The first kappa shape index (κ1) is 13.2. The van der Waals surface area contributed by atoms with E-state index in [0.717, 1.165) is 23.1 Å². The van der Waals surface area contributed by atoms with Crippen LogP contribution in [0.25, 0.3) is 11.3 Å². The lowest BCUT2D eigenvalue weighted by molar-refractivity contribution is 0.111. The third-order valence-electron chi connectivity index (χ3n) is 3.37. The smallest absolute Gasteiger partial charge is 0.172 e. The van der Waals surface area contributed by atoms with Crippen molar-refractivity contribution in [3.63, 3.8) is 0 Å². The van der Waals surface area contributed by atoms with E-state index in [1.54, 1.807) is 4.68 Å². The maximum atomic E-state index is 11.2. The Labute approximate surface area is 123 Å². The summed E-state index contributed by atoms with van der Waals surface area (Å²) in [6.07, 6.45) is 0.754. The SMILES string of the molecule is Cc1ccc(-c2c(C=O)nnn2Cc2ccccc2)cc1.